The Kier molecular flexibility index (Phi) is 7.41. The van der Waals surface area contributed by atoms with Gasteiger partial charge in [-0.15, -0.1) is 0 Å². The third-order valence-corrected chi connectivity index (χ3v) is 7.21. The maximum absolute atomic E-state index is 12.5. The lowest BCUT2D eigenvalue weighted by atomic mass is 10.2. The van der Waals surface area contributed by atoms with Crippen molar-refractivity contribution in [3.63, 3.8) is 0 Å². The zero-order chi connectivity index (χ0) is 22.4. The van der Waals surface area contributed by atoms with E-state index < -0.39 is 10.0 Å². The number of amides is 1. The van der Waals surface area contributed by atoms with Gasteiger partial charge in [0.25, 0.3) is 0 Å². The first-order chi connectivity index (χ1) is 15.5. The first-order valence-corrected chi connectivity index (χ1v) is 12.4. The minimum atomic E-state index is -3.64. The first kappa shape index (κ1) is 22.7. The third kappa shape index (κ3) is 6.07. The minimum absolute atomic E-state index is 0.0291. The van der Waals surface area contributed by atoms with Gasteiger partial charge in [0.1, 0.15) is 5.76 Å². The van der Waals surface area contributed by atoms with Crippen LogP contribution in [0.25, 0.3) is 6.08 Å². The minimum Gasteiger partial charge on any atom is -0.468 e. The molecule has 1 aromatic heterocycles. The Balaban J connectivity index is 1.25. The summed E-state index contributed by atoms with van der Waals surface area (Å²) in [6.45, 7) is 5.02. The summed E-state index contributed by atoms with van der Waals surface area (Å²) < 4.78 is 38.2. The summed E-state index contributed by atoms with van der Waals surface area (Å²) in [6, 6.07) is 9.83. The molecule has 1 atom stereocenters. The van der Waals surface area contributed by atoms with E-state index in [-0.39, 0.29) is 17.3 Å². The van der Waals surface area contributed by atoms with Crippen LogP contribution in [0.3, 0.4) is 0 Å². The van der Waals surface area contributed by atoms with E-state index in [0.717, 1.165) is 44.6 Å². The summed E-state index contributed by atoms with van der Waals surface area (Å²) in [7, 11) is -3.64. The lowest BCUT2D eigenvalue weighted by Crippen LogP contribution is -2.50. The normalized spacial score (nSPS) is 20.2. The quantitative estimate of drug-likeness (QED) is 0.608. The van der Waals surface area contributed by atoms with Gasteiger partial charge in [-0.3, -0.25) is 9.69 Å². The number of carbonyl (C=O) groups is 1. The zero-order valence-corrected chi connectivity index (χ0v) is 18.8. The Bertz CT molecular complexity index is 1000. The van der Waals surface area contributed by atoms with Crippen molar-refractivity contribution in [3.05, 3.63) is 60.1 Å². The molecule has 9 heteroatoms. The van der Waals surface area contributed by atoms with Crippen LogP contribution in [0, 0.1) is 0 Å². The lowest BCUT2D eigenvalue weighted by molar-refractivity contribution is -0.127. The number of hydrogen-bond acceptors (Lipinski definition) is 6. The molecule has 0 aliphatic carbocycles. The van der Waals surface area contributed by atoms with Crippen molar-refractivity contribution in [2.24, 2.45) is 0 Å². The van der Waals surface area contributed by atoms with Gasteiger partial charge in [-0.2, -0.15) is 0 Å². The van der Waals surface area contributed by atoms with Crippen LogP contribution >= 0.6 is 0 Å². The number of nitrogens with one attached hydrogen (secondary N) is 1. The van der Waals surface area contributed by atoms with Crippen molar-refractivity contribution < 1.29 is 22.4 Å². The topological polar surface area (TPSA) is 92.1 Å². The second kappa shape index (κ2) is 10.4. The van der Waals surface area contributed by atoms with Crippen molar-refractivity contribution in [2.75, 3.05) is 39.3 Å². The number of nitrogens with zero attached hydrogens (tertiary/aromatic N) is 2. The Labute approximate surface area is 188 Å². The van der Waals surface area contributed by atoms with Crippen LogP contribution in [0.5, 0.6) is 0 Å². The number of carbonyl (C=O) groups excluding carboxylic acids is 1. The molecular formula is C23H29N3O5S. The van der Waals surface area contributed by atoms with E-state index in [9.17, 15) is 13.2 Å². The summed E-state index contributed by atoms with van der Waals surface area (Å²) in [6.07, 6.45) is 7.37. The Morgan fingerprint density at radius 3 is 2.56 bits per heavy atom. The van der Waals surface area contributed by atoms with Gasteiger partial charge in [0, 0.05) is 45.4 Å². The van der Waals surface area contributed by atoms with E-state index in [1.165, 1.54) is 18.4 Å². The summed E-state index contributed by atoms with van der Waals surface area (Å²) in [5.41, 5.74) is 0.764. The predicted octanol–water partition coefficient (Wildman–Crippen LogP) is 2.09. The van der Waals surface area contributed by atoms with Gasteiger partial charge in [0.2, 0.25) is 15.9 Å². The fraction of sp³-hybridized carbons (Fsp3) is 0.435. The zero-order valence-electron chi connectivity index (χ0n) is 18.0. The number of hydrogen-bond donors (Lipinski definition) is 1. The largest absolute Gasteiger partial charge is 0.468 e. The number of sulfonamides is 1. The molecule has 3 heterocycles. The van der Waals surface area contributed by atoms with E-state index in [2.05, 4.69) is 9.62 Å². The molecule has 2 saturated heterocycles. The Hall–Kier alpha value is -2.46. The highest BCUT2D eigenvalue weighted by Crippen LogP contribution is 2.15. The van der Waals surface area contributed by atoms with Crippen molar-refractivity contribution in [2.45, 2.75) is 30.4 Å². The molecule has 0 spiro atoms. The molecule has 4 rings (SSSR count). The molecule has 0 saturated carbocycles. The van der Waals surface area contributed by atoms with Crippen molar-refractivity contribution in [3.8, 4) is 0 Å². The van der Waals surface area contributed by atoms with Crippen LogP contribution in [0.15, 0.2) is 58.1 Å². The van der Waals surface area contributed by atoms with Gasteiger partial charge < -0.3 is 14.1 Å². The molecule has 2 aliphatic rings. The molecular weight excluding hydrogens is 430 g/mol. The van der Waals surface area contributed by atoms with E-state index in [0.29, 0.717) is 25.0 Å². The first-order valence-electron chi connectivity index (χ1n) is 10.9. The number of piperazine rings is 1. The average molecular weight is 460 g/mol. The standard InChI is InChI=1S/C23H29N3O5S/c27-23(26-13-11-25(12-14-26)18-21-4-2-16-31-21)10-7-19-5-8-22(9-6-19)32(28,29)24-17-20-3-1-15-30-20/h1,3,5-10,15,21,24H,2,4,11-14,16-18H2/b10-7+. The second-order valence-corrected chi connectivity index (χ2v) is 9.83. The summed E-state index contributed by atoms with van der Waals surface area (Å²) in [5.74, 6) is 0.512. The highest BCUT2D eigenvalue weighted by Gasteiger charge is 2.24. The molecule has 8 nitrogen and oxygen atoms in total. The van der Waals surface area contributed by atoms with Gasteiger partial charge in [-0.1, -0.05) is 12.1 Å². The van der Waals surface area contributed by atoms with Gasteiger partial charge in [-0.25, -0.2) is 13.1 Å². The van der Waals surface area contributed by atoms with E-state index in [4.69, 9.17) is 9.15 Å². The van der Waals surface area contributed by atoms with Crippen LogP contribution in [0.1, 0.15) is 24.2 Å². The van der Waals surface area contributed by atoms with Crippen LogP contribution in [0.2, 0.25) is 0 Å². The SMILES string of the molecule is O=C(/C=C/c1ccc(S(=O)(=O)NCc2ccco2)cc1)N1CCN(CC2CCCO2)CC1. The van der Waals surface area contributed by atoms with Gasteiger partial charge >= 0.3 is 0 Å². The van der Waals surface area contributed by atoms with Crippen LogP contribution in [-0.2, 0) is 26.1 Å². The number of benzene rings is 1. The molecule has 1 aromatic carbocycles. The molecule has 0 radical (unpaired) electrons. The van der Waals surface area contributed by atoms with Crippen LogP contribution in [-0.4, -0.2) is 69.6 Å². The maximum Gasteiger partial charge on any atom is 0.246 e. The van der Waals surface area contributed by atoms with E-state index in [1.807, 2.05) is 4.90 Å². The predicted molar refractivity (Wildman–Crippen MR) is 120 cm³/mol. The maximum atomic E-state index is 12.5. The fourth-order valence-corrected chi connectivity index (χ4v) is 4.91. The molecule has 2 aromatic rings. The number of ether oxygens (including phenoxy) is 1. The van der Waals surface area contributed by atoms with E-state index in [1.54, 1.807) is 36.4 Å². The molecule has 1 unspecified atom stereocenters. The Morgan fingerprint density at radius 1 is 1.12 bits per heavy atom. The lowest BCUT2D eigenvalue weighted by Gasteiger charge is -2.35. The van der Waals surface area contributed by atoms with Crippen molar-refractivity contribution in [1.82, 2.24) is 14.5 Å². The Morgan fingerprint density at radius 2 is 1.91 bits per heavy atom. The molecule has 2 aliphatic heterocycles. The molecule has 32 heavy (non-hydrogen) atoms. The average Bonchev–Trinajstić information content (AvgIpc) is 3.51. The van der Waals surface area contributed by atoms with Gasteiger partial charge in [0.05, 0.1) is 23.8 Å². The van der Waals surface area contributed by atoms with E-state index >= 15 is 0 Å². The van der Waals surface area contributed by atoms with Crippen LogP contribution in [0.4, 0.5) is 0 Å². The molecule has 172 valence electrons. The summed E-state index contributed by atoms with van der Waals surface area (Å²) in [4.78, 5) is 16.9. The number of furan rings is 1. The monoisotopic (exact) mass is 459 g/mol. The highest BCUT2D eigenvalue weighted by molar-refractivity contribution is 7.89. The summed E-state index contributed by atoms with van der Waals surface area (Å²) in [5, 5.41) is 0. The molecule has 1 N–H and O–H groups in total. The molecule has 2 fully saturated rings. The van der Waals surface area contributed by atoms with Gasteiger partial charge in [-0.05, 0) is 48.7 Å². The third-order valence-electron chi connectivity index (χ3n) is 5.80. The summed E-state index contributed by atoms with van der Waals surface area (Å²) >= 11 is 0. The highest BCUT2D eigenvalue weighted by atomic mass is 32.2. The van der Waals surface area contributed by atoms with Gasteiger partial charge in [0.15, 0.2) is 0 Å². The second-order valence-electron chi connectivity index (χ2n) is 8.07. The van der Waals surface area contributed by atoms with Crippen molar-refractivity contribution >= 4 is 22.0 Å². The van der Waals surface area contributed by atoms with Crippen molar-refractivity contribution in [1.29, 1.82) is 0 Å². The smallest absolute Gasteiger partial charge is 0.246 e. The molecule has 1 amide bonds. The number of rotatable bonds is 8. The van der Waals surface area contributed by atoms with Crippen LogP contribution < -0.4 is 4.72 Å². The molecule has 0 bridgehead atoms. The fourth-order valence-electron chi connectivity index (χ4n) is 3.92.